The smallest absolute Gasteiger partial charge is 0.249 e. The van der Waals surface area contributed by atoms with Crippen molar-refractivity contribution in [3.63, 3.8) is 0 Å². The number of carbonyl (C=O) groups excluding carboxylic acids is 1. The molecule has 1 atom stereocenters. The van der Waals surface area contributed by atoms with Crippen LogP contribution in [0.25, 0.3) is 11.1 Å². The van der Waals surface area contributed by atoms with Crippen molar-refractivity contribution >= 4 is 28.7 Å². The monoisotopic (exact) mass is 441 g/mol. The van der Waals surface area contributed by atoms with E-state index in [9.17, 15) is 4.79 Å². The summed E-state index contributed by atoms with van der Waals surface area (Å²) in [7, 11) is 1.86. The molecule has 3 aromatic rings. The molecule has 0 saturated carbocycles. The minimum Gasteiger partial charge on any atom is -0.356 e. The molecule has 4 nitrogen and oxygen atoms in total. The van der Waals surface area contributed by atoms with Gasteiger partial charge in [0.1, 0.15) is 6.04 Å². The van der Waals surface area contributed by atoms with Gasteiger partial charge in [-0.05, 0) is 80.1 Å². The quantitative estimate of drug-likeness (QED) is 0.453. The predicted octanol–water partition coefficient (Wildman–Crippen LogP) is 6.88. The molecule has 33 heavy (non-hydrogen) atoms. The molecule has 0 fully saturated rings. The Morgan fingerprint density at radius 1 is 0.879 bits per heavy atom. The molecule has 0 saturated heterocycles. The molecule has 0 aromatic heterocycles. The summed E-state index contributed by atoms with van der Waals surface area (Å²) in [6.45, 7) is 10.8. The van der Waals surface area contributed by atoms with Crippen molar-refractivity contribution in [2.24, 2.45) is 5.92 Å². The Morgan fingerprint density at radius 2 is 1.55 bits per heavy atom. The van der Waals surface area contributed by atoms with E-state index in [0.717, 1.165) is 29.2 Å². The minimum atomic E-state index is -0.183. The molecule has 3 aromatic carbocycles. The number of fused-ring (bicyclic) bond motifs is 1. The zero-order valence-corrected chi connectivity index (χ0v) is 20.6. The highest BCUT2D eigenvalue weighted by Gasteiger charge is 2.34. The Hall–Kier alpha value is -3.27. The van der Waals surface area contributed by atoms with Gasteiger partial charge in [0, 0.05) is 24.5 Å². The molecule has 0 spiro atoms. The molecule has 0 radical (unpaired) electrons. The molecule has 1 heterocycles. The Morgan fingerprint density at radius 3 is 2.21 bits per heavy atom. The highest BCUT2D eigenvalue weighted by atomic mass is 16.2. The van der Waals surface area contributed by atoms with E-state index < -0.39 is 0 Å². The van der Waals surface area contributed by atoms with E-state index in [1.165, 1.54) is 16.7 Å². The van der Waals surface area contributed by atoms with Gasteiger partial charge in [0.25, 0.3) is 0 Å². The number of benzene rings is 3. The maximum Gasteiger partial charge on any atom is 0.249 e. The molecule has 0 unspecified atom stereocenters. The van der Waals surface area contributed by atoms with Crippen molar-refractivity contribution in [2.75, 3.05) is 22.2 Å². The summed E-state index contributed by atoms with van der Waals surface area (Å²) >= 11 is 0. The van der Waals surface area contributed by atoms with Crippen molar-refractivity contribution in [3.05, 3.63) is 72.3 Å². The van der Waals surface area contributed by atoms with Crippen LogP contribution in [0.3, 0.4) is 0 Å². The second kappa shape index (κ2) is 9.30. The number of amides is 1. The van der Waals surface area contributed by atoms with Gasteiger partial charge >= 0.3 is 0 Å². The van der Waals surface area contributed by atoms with Crippen molar-refractivity contribution in [1.29, 1.82) is 0 Å². The van der Waals surface area contributed by atoms with Gasteiger partial charge in [-0.1, -0.05) is 50.2 Å². The van der Waals surface area contributed by atoms with Crippen LogP contribution in [0.4, 0.5) is 22.7 Å². The number of hydrogen-bond acceptors (Lipinski definition) is 3. The zero-order valence-electron chi connectivity index (χ0n) is 20.6. The summed E-state index contributed by atoms with van der Waals surface area (Å²) in [4.78, 5) is 16.7. The van der Waals surface area contributed by atoms with Crippen LogP contribution in [0.2, 0.25) is 0 Å². The van der Waals surface area contributed by atoms with Crippen LogP contribution >= 0.6 is 0 Å². The maximum absolute atomic E-state index is 12.7. The number of anilines is 4. The summed E-state index contributed by atoms with van der Waals surface area (Å²) < 4.78 is 0. The van der Waals surface area contributed by atoms with Gasteiger partial charge in [-0.25, -0.2) is 0 Å². The molecule has 4 heteroatoms. The van der Waals surface area contributed by atoms with Gasteiger partial charge < -0.3 is 15.1 Å². The van der Waals surface area contributed by atoms with E-state index in [1.807, 2.05) is 20.0 Å². The first-order chi connectivity index (χ1) is 15.8. The van der Waals surface area contributed by atoms with Gasteiger partial charge in [-0.2, -0.15) is 0 Å². The summed E-state index contributed by atoms with van der Waals surface area (Å²) in [5, 5.41) is 3.61. The summed E-state index contributed by atoms with van der Waals surface area (Å²) in [6, 6.07) is 23.6. The summed E-state index contributed by atoms with van der Waals surface area (Å²) in [6.07, 6.45) is 1.05. The Labute approximate surface area is 198 Å². The van der Waals surface area contributed by atoms with Gasteiger partial charge in [0.15, 0.2) is 0 Å². The lowest BCUT2D eigenvalue weighted by Gasteiger charge is -2.42. The van der Waals surface area contributed by atoms with Gasteiger partial charge in [-0.15, -0.1) is 0 Å². The largest absolute Gasteiger partial charge is 0.356 e. The van der Waals surface area contributed by atoms with Crippen molar-refractivity contribution in [1.82, 2.24) is 0 Å². The zero-order chi connectivity index (χ0) is 23.7. The van der Waals surface area contributed by atoms with E-state index in [0.29, 0.717) is 5.92 Å². The van der Waals surface area contributed by atoms with Crippen molar-refractivity contribution < 1.29 is 4.79 Å². The van der Waals surface area contributed by atoms with E-state index in [-0.39, 0.29) is 18.0 Å². The lowest BCUT2D eigenvalue weighted by molar-refractivity contribution is -0.119. The van der Waals surface area contributed by atoms with E-state index >= 15 is 0 Å². The van der Waals surface area contributed by atoms with Crippen molar-refractivity contribution in [2.45, 2.75) is 53.1 Å². The average molecular weight is 442 g/mol. The number of likely N-dealkylation sites (N-methyl/N-ethyl adjacent to an activating group) is 1. The standard InChI is InChI=1S/C29H35N3O/c1-19(2)16-23-12-13-24(17-26(23)22-10-8-7-9-11-22)30-25-14-15-27-28(18-25)32(20(3)4)21(5)29(33)31(27)6/h7-15,17-21,30H,16H2,1-6H3/t21-/m1/s1. The third-order valence-electron chi connectivity index (χ3n) is 6.39. The Kier molecular flexibility index (Phi) is 6.46. The van der Waals surface area contributed by atoms with Crippen LogP contribution in [0, 0.1) is 5.92 Å². The van der Waals surface area contributed by atoms with Crippen LogP contribution in [0.15, 0.2) is 66.7 Å². The van der Waals surface area contributed by atoms with Crippen molar-refractivity contribution in [3.8, 4) is 11.1 Å². The van der Waals surface area contributed by atoms with Gasteiger partial charge in [0.05, 0.1) is 11.4 Å². The Balaban J connectivity index is 1.71. The number of carbonyl (C=O) groups is 1. The first kappa shape index (κ1) is 22.9. The lowest BCUT2D eigenvalue weighted by atomic mass is 9.93. The molecule has 1 amide bonds. The summed E-state index contributed by atoms with van der Waals surface area (Å²) in [5.74, 6) is 0.723. The third kappa shape index (κ3) is 4.61. The van der Waals surface area contributed by atoms with Crippen LogP contribution in [-0.4, -0.2) is 25.0 Å². The highest BCUT2D eigenvalue weighted by molar-refractivity contribution is 6.05. The van der Waals surface area contributed by atoms with E-state index in [4.69, 9.17) is 0 Å². The number of rotatable bonds is 6. The third-order valence-corrected chi connectivity index (χ3v) is 6.39. The minimum absolute atomic E-state index is 0.130. The van der Waals surface area contributed by atoms with Gasteiger partial charge in [0.2, 0.25) is 5.91 Å². The first-order valence-corrected chi connectivity index (χ1v) is 11.9. The van der Waals surface area contributed by atoms with Gasteiger partial charge in [-0.3, -0.25) is 4.79 Å². The highest BCUT2D eigenvalue weighted by Crippen LogP contribution is 2.39. The Bertz CT molecular complexity index is 1140. The molecule has 0 aliphatic carbocycles. The fourth-order valence-electron chi connectivity index (χ4n) is 4.87. The second-order valence-electron chi connectivity index (χ2n) is 9.74. The molecule has 1 N–H and O–H groups in total. The SMILES string of the molecule is CC(C)Cc1ccc(Nc2ccc3c(c2)N(C(C)C)[C@H](C)C(=O)N3C)cc1-c1ccccc1. The number of hydrogen-bond donors (Lipinski definition) is 1. The molecular formula is C29H35N3O. The van der Waals surface area contributed by atoms with E-state index in [1.54, 1.807) is 4.90 Å². The normalized spacial score (nSPS) is 15.9. The molecule has 4 rings (SSSR count). The second-order valence-corrected chi connectivity index (χ2v) is 9.74. The predicted molar refractivity (Wildman–Crippen MR) is 141 cm³/mol. The van der Waals surface area contributed by atoms with Crippen LogP contribution < -0.4 is 15.1 Å². The fourth-order valence-corrected chi connectivity index (χ4v) is 4.87. The maximum atomic E-state index is 12.7. The van der Waals surface area contributed by atoms with Crippen LogP contribution in [0.5, 0.6) is 0 Å². The molecule has 1 aliphatic heterocycles. The molecular weight excluding hydrogens is 406 g/mol. The average Bonchev–Trinajstić information content (AvgIpc) is 2.78. The number of nitrogens with one attached hydrogen (secondary N) is 1. The first-order valence-electron chi connectivity index (χ1n) is 11.9. The molecule has 1 aliphatic rings. The fraction of sp³-hybridized carbons (Fsp3) is 0.345. The molecule has 172 valence electrons. The topological polar surface area (TPSA) is 35.6 Å². The molecule has 0 bridgehead atoms. The van der Waals surface area contributed by atoms with Crippen LogP contribution in [-0.2, 0) is 11.2 Å². The summed E-state index contributed by atoms with van der Waals surface area (Å²) in [5.41, 5.74) is 8.00. The lowest BCUT2D eigenvalue weighted by Crippen LogP contribution is -2.53. The van der Waals surface area contributed by atoms with Crippen LogP contribution in [0.1, 0.15) is 40.2 Å². The van der Waals surface area contributed by atoms with E-state index in [2.05, 4.69) is 98.6 Å². The number of nitrogens with zero attached hydrogens (tertiary/aromatic N) is 2.